The summed E-state index contributed by atoms with van der Waals surface area (Å²) >= 11 is 5.78. The van der Waals surface area contributed by atoms with Gasteiger partial charge in [-0.2, -0.15) is 5.10 Å². The smallest absolute Gasteiger partial charge is 0.0709 e. The maximum Gasteiger partial charge on any atom is 0.0709 e. The zero-order chi connectivity index (χ0) is 11.4. The highest BCUT2D eigenvalue weighted by atomic mass is 35.5. The SMILES string of the molecule is Cn1cccc1/C=N\Nc1ccc(Cl)cc1. The monoisotopic (exact) mass is 233 g/mol. The first-order chi connectivity index (χ1) is 7.75. The summed E-state index contributed by atoms with van der Waals surface area (Å²) < 4.78 is 1.99. The number of hydrogen-bond donors (Lipinski definition) is 1. The normalized spacial score (nSPS) is 10.9. The molecule has 1 heterocycles. The third kappa shape index (κ3) is 2.64. The fourth-order valence-electron chi connectivity index (χ4n) is 1.31. The van der Waals surface area contributed by atoms with Gasteiger partial charge in [-0.25, -0.2) is 0 Å². The number of rotatable bonds is 3. The molecule has 2 rings (SSSR count). The fraction of sp³-hybridized carbons (Fsp3) is 0.0833. The molecule has 0 aliphatic carbocycles. The molecule has 0 spiro atoms. The summed E-state index contributed by atoms with van der Waals surface area (Å²) in [6, 6.07) is 11.4. The first-order valence-corrected chi connectivity index (χ1v) is 5.29. The predicted octanol–water partition coefficient (Wildman–Crippen LogP) is 3.12. The van der Waals surface area contributed by atoms with Crippen LogP contribution in [0.25, 0.3) is 0 Å². The summed E-state index contributed by atoms with van der Waals surface area (Å²) in [5.41, 5.74) is 4.89. The third-order valence-corrected chi connectivity index (χ3v) is 2.47. The van der Waals surface area contributed by atoms with Crippen LogP contribution < -0.4 is 5.43 Å². The van der Waals surface area contributed by atoms with Gasteiger partial charge < -0.3 is 4.57 Å². The van der Waals surface area contributed by atoms with Gasteiger partial charge in [0.15, 0.2) is 0 Å². The summed E-state index contributed by atoms with van der Waals surface area (Å²) in [5, 5.41) is 4.86. The Hall–Kier alpha value is -1.74. The number of nitrogens with one attached hydrogen (secondary N) is 1. The average Bonchev–Trinajstić information content (AvgIpc) is 2.68. The number of aryl methyl sites for hydroxylation is 1. The molecule has 4 heteroatoms. The minimum Gasteiger partial charge on any atom is -0.350 e. The van der Waals surface area contributed by atoms with Crippen molar-refractivity contribution in [1.82, 2.24) is 4.57 Å². The number of anilines is 1. The van der Waals surface area contributed by atoms with Crippen molar-refractivity contribution in [2.75, 3.05) is 5.43 Å². The second-order valence-electron chi connectivity index (χ2n) is 3.42. The highest BCUT2D eigenvalue weighted by molar-refractivity contribution is 6.30. The van der Waals surface area contributed by atoms with Gasteiger partial charge in [0.2, 0.25) is 0 Å². The maximum atomic E-state index is 5.78. The third-order valence-electron chi connectivity index (χ3n) is 2.22. The summed E-state index contributed by atoms with van der Waals surface area (Å²) in [6.45, 7) is 0. The van der Waals surface area contributed by atoms with Crippen molar-refractivity contribution in [3.8, 4) is 0 Å². The molecule has 0 fully saturated rings. The van der Waals surface area contributed by atoms with Crippen LogP contribution in [0, 0.1) is 0 Å². The van der Waals surface area contributed by atoms with Gasteiger partial charge >= 0.3 is 0 Å². The Morgan fingerprint density at radius 1 is 1.25 bits per heavy atom. The molecular formula is C12H12ClN3. The van der Waals surface area contributed by atoms with Crippen LogP contribution in [0.3, 0.4) is 0 Å². The first kappa shape index (κ1) is 10.8. The topological polar surface area (TPSA) is 29.3 Å². The van der Waals surface area contributed by atoms with Crippen LogP contribution in [0.2, 0.25) is 5.02 Å². The minimum atomic E-state index is 0.719. The van der Waals surface area contributed by atoms with E-state index >= 15 is 0 Å². The summed E-state index contributed by atoms with van der Waals surface area (Å²) in [5.74, 6) is 0. The van der Waals surface area contributed by atoms with Gasteiger partial charge in [0.1, 0.15) is 0 Å². The standard InChI is InChI=1S/C12H12ClN3/c1-16-8-2-3-12(16)9-14-15-11-6-4-10(13)5-7-11/h2-9,15H,1H3/b14-9-. The molecule has 0 atom stereocenters. The lowest BCUT2D eigenvalue weighted by molar-refractivity contribution is 0.918. The minimum absolute atomic E-state index is 0.719. The van der Waals surface area contributed by atoms with Crippen LogP contribution in [-0.2, 0) is 7.05 Å². The molecule has 0 aliphatic heterocycles. The van der Waals surface area contributed by atoms with E-state index in [-0.39, 0.29) is 0 Å². The lowest BCUT2D eigenvalue weighted by atomic mass is 10.3. The van der Waals surface area contributed by atoms with Crippen molar-refractivity contribution in [2.24, 2.45) is 12.1 Å². The average molecular weight is 234 g/mol. The summed E-state index contributed by atoms with van der Waals surface area (Å²) in [7, 11) is 1.98. The van der Waals surface area contributed by atoms with E-state index in [9.17, 15) is 0 Å². The first-order valence-electron chi connectivity index (χ1n) is 4.92. The Kier molecular flexibility index (Phi) is 3.27. The molecule has 0 aliphatic rings. The Morgan fingerprint density at radius 3 is 2.62 bits per heavy atom. The van der Waals surface area contributed by atoms with Gasteiger partial charge in [-0.3, -0.25) is 5.43 Å². The molecule has 82 valence electrons. The van der Waals surface area contributed by atoms with Crippen molar-refractivity contribution in [2.45, 2.75) is 0 Å². The summed E-state index contributed by atoms with van der Waals surface area (Å²) in [6.07, 6.45) is 3.75. The van der Waals surface area contributed by atoms with Gasteiger partial charge in [0, 0.05) is 18.3 Å². The Bertz CT molecular complexity index is 485. The van der Waals surface area contributed by atoms with Crippen molar-refractivity contribution in [1.29, 1.82) is 0 Å². The Morgan fingerprint density at radius 2 is 2.00 bits per heavy atom. The van der Waals surface area contributed by atoms with Crippen LogP contribution in [-0.4, -0.2) is 10.8 Å². The number of aromatic nitrogens is 1. The molecule has 0 radical (unpaired) electrons. The Labute approximate surface area is 99.4 Å². The van der Waals surface area contributed by atoms with Crippen molar-refractivity contribution in [3.63, 3.8) is 0 Å². The fourth-order valence-corrected chi connectivity index (χ4v) is 1.43. The van der Waals surface area contributed by atoms with E-state index in [0.29, 0.717) is 0 Å². The predicted molar refractivity (Wildman–Crippen MR) is 68.1 cm³/mol. The molecule has 1 aromatic carbocycles. The van der Waals surface area contributed by atoms with E-state index in [2.05, 4.69) is 10.5 Å². The largest absolute Gasteiger partial charge is 0.350 e. The van der Waals surface area contributed by atoms with E-state index in [1.54, 1.807) is 6.21 Å². The highest BCUT2D eigenvalue weighted by Crippen LogP contribution is 2.13. The Balaban J connectivity index is 2.00. The molecule has 1 N–H and O–H groups in total. The van der Waals surface area contributed by atoms with Gasteiger partial charge in [-0.05, 0) is 36.4 Å². The van der Waals surface area contributed by atoms with Crippen molar-refractivity contribution >= 4 is 23.5 Å². The van der Waals surface area contributed by atoms with E-state index in [1.807, 2.05) is 54.2 Å². The van der Waals surface area contributed by atoms with Crippen LogP contribution in [0.15, 0.2) is 47.7 Å². The maximum absolute atomic E-state index is 5.78. The van der Waals surface area contributed by atoms with E-state index < -0.39 is 0 Å². The van der Waals surface area contributed by atoms with Crippen LogP contribution in [0.4, 0.5) is 5.69 Å². The lowest BCUT2D eigenvalue weighted by Crippen LogP contribution is -1.95. The molecule has 0 saturated heterocycles. The van der Waals surface area contributed by atoms with Gasteiger partial charge in [0.05, 0.1) is 17.6 Å². The van der Waals surface area contributed by atoms with Gasteiger partial charge in [-0.1, -0.05) is 11.6 Å². The molecule has 16 heavy (non-hydrogen) atoms. The second kappa shape index (κ2) is 4.86. The number of halogens is 1. The highest BCUT2D eigenvalue weighted by Gasteiger charge is 1.92. The van der Waals surface area contributed by atoms with Crippen LogP contribution >= 0.6 is 11.6 Å². The molecule has 0 saturated carbocycles. The molecule has 2 aromatic rings. The number of hydrogen-bond acceptors (Lipinski definition) is 2. The van der Waals surface area contributed by atoms with Gasteiger partial charge in [0.25, 0.3) is 0 Å². The van der Waals surface area contributed by atoms with E-state index in [0.717, 1.165) is 16.4 Å². The number of benzene rings is 1. The molecule has 0 bridgehead atoms. The molecule has 0 amide bonds. The van der Waals surface area contributed by atoms with E-state index in [1.165, 1.54) is 0 Å². The van der Waals surface area contributed by atoms with Crippen molar-refractivity contribution < 1.29 is 0 Å². The second-order valence-corrected chi connectivity index (χ2v) is 3.86. The molecule has 3 nitrogen and oxygen atoms in total. The summed E-state index contributed by atoms with van der Waals surface area (Å²) in [4.78, 5) is 0. The quantitative estimate of drug-likeness (QED) is 0.641. The molecular weight excluding hydrogens is 222 g/mol. The van der Waals surface area contributed by atoms with Crippen LogP contribution in [0.5, 0.6) is 0 Å². The van der Waals surface area contributed by atoms with Crippen molar-refractivity contribution in [3.05, 3.63) is 53.3 Å². The zero-order valence-electron chi connectivity index (χ0n) is 8.89. The lowest BCUT2D eigenvalue weighted by Gasteiger charge is -2.00. The zero-order valence-corrected chi connectivity index (χ0v) is 9.65. The molecule has 1 aromatic heterocycles. The number of nitrogens with zero attached hydrogens (tertiary/aromatic N) is 2. The van der Waals surface area contributed by atoms with Crippen LogP contribution in [0.1, 0.15) is 5.69 Å². The van der Waals surface area contributed by atoms with E-state index in [4.69, 9.17) is 11.6 Å². The van der Waals surface area contributed by atoms with Gasteiger partial charge in [-0.15, -0.1) is 0 Å². The molecule has 0 unspecified atom stereocenters. The number of hydrazone groups is 1.